The quantitative estimate of drug-likeness (QED) is 0.243. The van der Waals surface area contributed by atoms with E-state index in [4.69, 9.17) is 9.47 Å². The van der Waals surface area contributed by atoms with Gasteiger partial charge in [-0.15, -0.1) is 0 Å². The van der Waals surface area contributed by atoms with Crippen molar-refractivity contribution in [1.82, 2.24) is 15.1 Å². The molecule has 0 saturated carbocycles. The first-order chi connectivity index (χ1) is 18.2. The van der Waals surface area contributed by atoms with Crippen LogP contribution in [-0.4, -0.2) is 40.8 Å². The highest BCUT2D eigenvalue weighted by molar-refractivity contribution is 6.00. The number of ether oxygens (including phenoxy) is 2. The number of fused-ring (bicyclic) bond motifs is 1. The van der Waals surface area contributed by atoms with Gasteiger partial charge in [-0.05, 0) is 43.0 Å². The van der Waals surface area contributed by atoms with Crippen LogP contribution >= 0.6 is 0 Å². The summed E-state index contributed by atoms with van der Waals surface area (Å²) in [5, 5.41) is 7.64. The largest absolute Gasteiger partial charge is 0.490 e. The number of nitrogens with zero attached hydrogens (tertiary/aromatic N) is 2. The third-order valence-corrected chi connectivity index (χ3v) is 6.73. The summed E-state index contributed by atoms with van der Waals surface area (Å²) in [4.78, 5) is 15.6. The molecule has 190 valence electrons. The van der Waals surface area contributed by atoms with E-state index in [1.165, 1.54) is 5.56 Å². The number of hydrogen-bond donors (Lipinski definition) is 1. The predicted octanol–water partition coefficient (Wildman–Crippen LogP) is 6.44. The minimum atomic E-state index is -0.288. The molecule has 0 saturated heterocycles. The van der Waals surface area contributed by atoms with E-state index in [0.717, 1.165) is 47.4 Å². The van der Waals surface area contributed by atoms with Gasteiger partial charge in [0.25, 0.3) is 5.91 Å². The Morgan fingerprint density at radius 1 is 0.919 bits per heavy atom. The first-order valence-electron chi connectivity index (χ1n) is 13.1. The van der Waals surface area contributed by atoms with Gasteiger partial charge in [0.05, 0.1) is 24.9 Å². The molecule has 1 aliphatic heterocycles. The van der Waals surface area contributed by atoms with Gasteiger partial charge in [-0.3, -0.25) is 9.89 Å². The topological polar surface area (TPSA) is 67.5 Å². The van der Waals surface area contributed by atoms with Crippen molar-refractivity contribution in [2.75, 3.05) is 19.8 Å². The maximum absolute atomic E-state index is 13.7. The van der Waals surface area contributed by atoms with Crippen LogP contribution in [0.2, 0.25) is 0 Å². The third kappa shape index (κ3) is 5.10. The molecule has 1 atom stereocenters. The van der Waals surface area contributed by atoms with Gasteiger partial charge in [0.2, 0.25) is 0 Å². The molecule has 3 aromatic carbocycles. The monoisotopic (exact) mass is 495 g/mol. The Hall–Kier alpha value is -4.06. The number of amides is 1. The van der Waals surface area contributed by atoms with E-state index >= 15 is 0 Å². The Bertz CT molecular complexity index is 1330. The zero-order valence-electron chi connectivity index (χ0n) is 21.4. The minimum absolute atomic E-state index is 0.0353. The zero-order chi connectivity index (χ0) is 25.6. The van der Waals surface area contributed by atoms with Crippen LogP contribution in [0.1, 0.15) is 59.9 Å². The summed E-state index contributed by atoms with van der Waals surface area (Å²) < 4.78 is 12.0. The second-order valence-corrected chi connectivity index (χ2v) is 9.20. The minimum Gasteiger partial charge on any atom is -0.490 e. The molecule has 0 spiro atoms. The fraction of sp³-hybridized carbons (Fsp3) is 0.290. The number of rotatable bonds is 11. The van der Waals surface area contributed by atoms with Crippen LogP contribution in [0, 0.1) is 0 Å². The summed E-state index contributed by atoms with van der Waals surface area (Å²) >= 11 is 0. The first-order valence-corrected chi connectivity index (χ1v) is 13.1. The fourth-order valence-electron chi connectivity index (χ4n) is 4.89. The van der Waals surface area contributed by atoms with E-state index in [-0.39, 0.29) is 11.9 Å². The molecule has 2 heterocycles. The molecule has 5 rings (SSSR count). The number of hydrogen-bond acceptors (Lipinski definition) is 4. The standard InChI is InChI=1S/C31H33N3O3/c1-3-5-20-37-25-17-16-24(21-26(25)36-4-2)30-27-28(23-14-10-7-11-15-23)32-33-29(27)31(35)34(30)19-18-22-12-8-6-9-13-22/h6-17,21,30H,3-5,18-20H2,1-2H3,(H,32,33). The molecule has 0 bridgehead atoms. The molecule has 6 heteroatoms. The highest BCUT2D eigenvalue weighted by Gasteiger charge is 2.42. The molecule has 6 nitrogen and oxygen atoms in total. The molecule has 0 aliphatic carbocycles. The van der Waals surface area contributed by atoms with Crippen LogP contribution in [0.25, 0.3) is 11.3 Å². The first kappa shape index (κ1) is 24.6. The molecule has 0 radical (unpaired) electrons. The third-order valence-electron chi connectivity index (χ3n) is 6.73. The molecular weight excluding hydrogens is 462 g/mol. The second kappa shape index (κ2) is 11.3. The molecule has 1 amide bonds. The van der Waals surface area contributed by atoms with Crippen molar-refractivity contribution in [3.8, 4) is 22.8 Å². The van der Waals surface area contributed by atoms with Crippen molar-refractivity contribution < 1.29 is 14.3 Å². The van der Waals surface area contributed by atoms with Crippen LogP contribution in [0.3, 0.4) is 0 Å². The van der Waals surface area contributed by atoms with Crippen LogP contribution < -0.4 is 9.47 Å². The van der Waals surface area contributed by atoms with Gasteiger partial charge in [-0.25, -0.2) is 0 Å². The lowest BCUT2D eigenvalue weighted by Gasteiger charge is -2.27. The highest BCUT2D eigenvalue weighted by Crippen LogP contribution is 2.44. The molecule has 37 heavy (non-hydrogen) atoms. The van der Waals surface area contributed by atoms with Crippen LogP contribution in [0.5, 0.6) is 11.5 Å². The summed E-state index contributed by atoms with van der Waals surface area (Å²) in [6.07, 6.45) is 2.81. The number of nitrogens with one attached hydrogen (secondary N) is 1. The van der Waals surface area contributed by atoms with Gasteiger partial charge in [-0.1, -0.05) is 80.1 Å². The summed E-state index contributed by atoms with van der Waals surface area (Å²) in [5.41, 5.74) is 5.42. The Balaban J connectivity index is 1.56. The van der Waals surface area contributed by atoms with Crippen molar-refractivity contribution >= 4 is 5.91 Å². The summed E-state index contributed by atoms with van der Waals surface area (Å²) in [6.45, 7) is 5.87. The molecule has 4 aromatic rings. The van der Waals surface area contributed by atoms with Crippen molar-refractivity contribution in [2.45, 2.75) is 39.2 Å². The van der Waals surface area contributed by atoms with E-state index in [0.29, 0.717) is 31.2 Å². The molecular formula is C31H33N3O3. The van der Waals surface area contributed by atoms with Crippen LogP contribution in [0.4, 0.5) is 0 Å². The summed E-state index contributed by atoms with van der Waals surface area (Å²) in [7, 11) is 0. The second-order valence-electron chi connectivity index (χ2n) is 9.20. The predicted molar refractivity (Wildman–Crippen MR) is 145 cm³/mol. The van der Waals surface area contributed by atoms with E-state index in [1.807, 2.05) is 78.6 Å². The number of carbonyl (C=O) groups excluding carboxylic acids is 1. The Kier molecular flexibility index (Phi) is 7.54. The maximum Gasteiger partial charge on any atom is 0.273 e. The van der Waals surface area contributed by atoms with Crippen molar-refractivity contribution in [1.29, 1.82) is 0 Å². The van der Waals surface area contributed by atoms with Crippen LogP contribution in [-0.2, 0) is 6.42 Å². The SMILES string of the molecule is CCCCOc1ccc(C2c3c(-c4ccccc4)n[nH]c3C(=O)N2CCc2ccccc2)cc1OCC. The number of unbranched alkanes of at least 4 members (excludes halogenated alkanes) is 1. The van der Waals surface area contributed by atoms with Gasteiger partial charge in [-0.2, -0.15) is 5.10 Å². The average molecular weight is 496 g/mol. The smallest absolute Gasteiger partial charge is 0.273 e. The van der Waals surface area contributed by atoms with Gasteiger partial charge in [0.15, 0.2) is 11.5 Å². The van der Waals surface area contributed by atoms with E-state index in [9.17, 15) is 4.79 Å². The molecule has 1 aromatic heterocycles. The van der Waals surface area contributed by atoms with Crippen molar-refractivity contribution in [3.05, 3.63) is 101 Å². The number of H-pyrrole nitrogens is 1. The fourth-order valence-corrected chi connectivity index (χ4v) is 4.89. The van der Waals surface area contributed by atoms with Gasteiger partial charge < -0.3 is 14.4 Å². The zero-order valence-corrected chi connectivity index (χ0v) is 21.4. The lowest BCUT2D eigenvalue weighted by Crippen LogP contribution is -2.31. The molecule has 1 aliphatic rings. The summed E-state index contributed by atoms with van der Waals surface area (Å²) in [5.74, 6) is 1.39. The maximum atomic E-state index is 13.7. The molecule has 1 unspecified atom stereocenters. The number of aromatic amines is 1. The highest BCUT2D eigenvalue weighted by atomic mass is 16.5. The van der Waals surface area contributed by atoms with Crippen molar-refractivity contribution in [3.63, 3.8) is 0 Å². The van der Waals surface area contributed by atoms with E-state index < -0.39 is 0 Å². The summed E-state index contributed by atoms with van der Waals surface area (Å²) in [6, 6.07) is 26.0. The lowest BCUT2D eigenvalue weighted by molar-refractivity contribution is 0.0745. The van der Waals surface area contributed by atoms with Crippen LogP contribution in [0.15, 0.2) is 78.9 Å². The van der Waals surface area contributed by atoms with E-state index in [1.54, 1.807) is 0 Å². The number of carbonyl (C=O) groups is 1. The Morgan fingerprint density at radius 3 is 2.41 bits per heavy atom. The Labute approximate surface area is 218 Å². The lowest BCUT2D eigenvalue weighted by atomic mass is 9.95. The molecule has 1 N–H and O–H groups in total. The Morgan fingerprint density at radius 2 is 1.68 bits per heavy atom. The van der Waals surface area contributed by atoms with E-state index in [2.05, 4.69) is 29.3 Å². The number of benzene rings is 3. The normalized spacial score (nSPS) is 14.6. The van der Waals surface area contributed by atoms with Gasteiger partial charge >= 0.3 is 0 Å². The molecule has 0 fully saturated rings. The average Bonchev–Trinajstić information content (AvgIpc) is 3.48. The van der Waals surface area contributed by atoms with Crippen molar-refractivity contribution in [2.24, 2.45) is 0 Å². The number of aromatic nitrogens is 2. The van der Waals surface area contributed by atoms with Gasteiger partial charge in [0.1, 0.15) is 5.69 Å². The van der Waals surface area contributed by atoms with Gasteiger partial charge in [0, 0.05) is 17.7 Å².